The number of pyridine rings is 1. The lowest BCUT2D eigenvalue weighted by molar-refractivity contribution is -0.118. The fraction of sp³-hybridized carbons (Fsp3) is 0.200. The number of carbonyl (C=O) groups excluding carboxylic acids is 1. The van der Waals surface area contributed by atoms with Crippen molar-refractivity contribution in [2.75, 3.05) is 20.0 Å². The quantitative estimate of drug-likeness (QED) is 0.365. The molecule has 0 bridgehead atoms. The summed E-state index contributed by atoms with van der Waals surface area (Å²) in [7, 11) is 3.17. The van der Waals surface area contributed by atoms with Gasteiger partial charge in [0.25, 0.3) is 0 Å². The third-order valence-corrected chi connectivity index (χ3v) is 6.21. The van der Waals surface area contributed by atoms with E-state index in [4.69, 9.17) is 9.47 Å². The van der Waals surface area contributed by atoms with E-state index in [9.17, 15) is 9.18 Å². The first-order chi connectivity index (χ1) is 16.1. The average molecular weight is 466 g/mol. The Hall–Kier alpha value is -3.52. The maximum atomic E-state index is 13.2. The first kappa shape index (κ1) is 22.7. The van der Waals surface area contributed by atoms with E-state index < -0.39 is 0 Å². The highest BCUT2D eigenvalue weighted by molar-refractivity contribution is 8.00. The second-order valence-electron chi connectivity index (χ2n) is 7.37. The van der Waals surface area contributed by atoms with Crippen LogP contribution in [0.15, 0.2) is 72.0 Å². The van der Waals surface area contributed by atoms with Crippen LogP contribution in [0.3, 0.4) is 0 Å². The third-order valence-electron chi connectivity index (χ3n) is 5.20. The molecule has 2 aromatic heterocycles. The summed E-state index contributed by atoms with van der Waals surface area (Å²) in [4.78, 5) is 16.9. The van der Waals surface area contributed by atoms with E-state index in [0.717, 1.165) is 27.1 Å². The Morgan fingerprint density at radius 1 is 1.03 bits per heavy atom. The lowest BCUT2D eigenvalue weighted by Crippen LogP contribution is -2.24. The predicted molar refractivity (Wildman–Crippen MR) is 127 cm³/mol. The molecule has 2 aromatic carbocycles. The fourth-order valence-electron chi connectivity index (χ4n) is 3.51. The highest BCUT2D eigenvalue weighted by Gasteiger charge is 2.11. The zero-order valence-corrected chi connectivity index (χ0v) is 19.2. The van der Waals surface area contributed by atoms with Crippen molar-refractivity contribution in [2.45, 2.75) is 18.1 Å². The molecule has 1 N–H and O–H groups in total. The summed E-state index contributed by atoms with van der Waals surface area (Å²) in [5.41, 5.74) is 2.95. The van der Waals surface area contributed by atoms with Crippen molar-refractivity contribution in [3.63, 3.8) is 0 Å². The molecule has 0 spiro atoms. The summed E-state index contributed by atoms with van der Waals surface area (Å²) in [5.74, 6) is 1.19. The molecule has 0 aliphatic carbocycles. The second-order valence-corrected chi connectivity index (χ2v) is 8.34. The average Bonchev–Trinajstić information content (AvgIpc) is 3.25. The molecule has 2 heterocycles. The molecule has 0 fully saturated rings. The van der Waals surface area contributed by atoms with Gasteiger partial charge in [0, 0.05) is 30.9 Å². The van der Waals surface area contributed by atoms with Crippen molar-refractivity contribution in [1.29, 1.82) is 0 Å². The molecule has 0 saturated heterocycles. The normalized spacial score (nSPS) is 10.9. The van der Waals surface area contributed by atoms with Gasteiger partial charge in [0.05, 0.1) is 25.5 Å². The maximum Gasteiger partial charge on any atom is 0.230 e. The van der Waals surface area contributed by atoms with Crippen LogP contribution in [-0.4, -0.2) is 35.4 Å². The van der Waals surface area contributed by atoms with Gasteiger partial charge in [-0.25, -0.2) is 9.37 Å². The van der Waals surface area contributed by atoms with Gasteiger partial charge in [-0.1, -0.05) is 30.0 Å². The fourth-order valence-corrected chi connectivity index (χ4v) is 4.35. The first-order valence-corrected chi connectivity index (χ1v) is 11.3. The minimum absolute atomic E-state index is 0.0840. The molecular formula is C25H24FN3O3S. The van der Waals surface area contributed by atoms with Gasteiger partial charge in [-0.05, 0) is 47.5 Å². The smallest absolute Gasteiger partial charge is 0.230 e. The summed E-state index contributed by atoms with van der Waals surface area (Å²) in [6.07, 6.45) is 3.73. The van der Waals surface area contributed by atoms with Gasteiger partial charge in [-0.15, -0.1) is 0 Å². The van der Waals surface area contributed by atoms with Crippen molar-refractivity contribution in [3.05, 3.63) is 83.9 Å². The molecule has 4 rings (SSSR count). The van der Waals surface area contributed by atoms with Gasteiger partial charge in [-0.2, -0.15) is 0 Å². The Morgan fingerprint density at radius 2 is 1.79 bits per heavy atom. The highest BCUT2D eigenvalue weighted by atomic mass is 32.2. The molecule has 0 aliphatic heterocycles. The summed E-state index contributed by atoms with van der Waals surface area (Å²) in [6.45, 7) is 1.02. The lowest BCUT2D eigenvalue weighted by atomic mass is 10.2. The molecule has 33 heavy (non-hydrogen) atoms. The number of rotatable bonds is 9. The van der Waals surface area contributed by atoms with Crippen molar-refractivity contribution in [3.8, 4) is 11.5 Å². The van der Waals surface area contributed by atoms with Gasteiger partial charge < -0.3 is 19.4 Å². The van der Waals surface area contributed by atoms with Crippen LogP contribution in [0.5, 0.6) is 11.5 Å². The van der Waals surface area contributed by atoms with E-state index in [-0.39, 0.29) is 17.5 Å². The topological polar surface area (TPSA) is 65.4 Å². The van der Waals surface area contributed by atoms with E-state index in [2.05, 4.69) is 14.9 Å². The van der Waals surface area contributed by atoms with Crippen LogP contribution in [0.1, 0.15) is 11.1 Å². The molecule has 0 radical (unpaired) electrons. The summed E-state index contributed by atoms with van der Waals surface area (Å²) in [5, 5.41) is 4.71. The minimum Gasteiger partial charge on any atom is -0.493 e. The Bertz CT molecular complexity index is 1260. The minimum atomic E-state index is -0.247. The van der Waals surface area contributed by atoms with Gasteiger partial charge >= 0.3 is 0 Å². The highest BCUT2D eigenvalue weighted by Crippen LogP contribution is 2.28. The Labute approximate surface area is 195 Å². The number of hydrogen-bond acceptors (Lipinski definition) is 5. The van der Waals surface area contributed by atoms with Crippen LogP contribution in [-0.2, 0) is 17.9 Å². The number of methoxy groups -OCH3 is 2. The lowest BCUT2D eigenvalue weighted by Gasteiger charge is -2.10. The van der Waals surface area contributed by atoms with Crippen LogP contribution in [0.4, 0.5) is 4.39 Å². The Balaban J connectivity index is 1.37. The zero-order valence-electron chi connectivity index (χ0n) is 18.4. The number of ether oxygens (including phenoxy) is 2. The molecular weight excluding hydrogens is 441 g/mol. The van der Waals surface area contributed by atoms with E-state index in [1.165, 1.54) is 23.9 Å². The number of amides is 1. The number of carbonyl (C=O) groups is 1. The summed E-state index contributed by atoms with van der Waals surface area (Å²) < 4.78 is 25.8. The number of nitrogens with zero attached hydrogens (tertiary/aromatic N) is 2. The number of nitrogens with one attached hydrogen (secondary N) is 1. The van der Waals surface area contributed by atoms with Crippen molar-refractivity contribution < 1.29 is 18.7 Å². The molecule has 0 atom stereocenters. The number of hydrogen-bond donors (Lipinski definition) is 1. The van der Waals surface area contributed by atoms with Crippen LogP contribution >= 0.6 is 11.8 Å². The van der Waals surface area contributed by atoms with E-state index in [0.29, 0.717) is 24.6 Å². The zero-order chi connectivity index (χ0) is 23.2. The predicted octanol–water partition coefficient (Wildman–Crippen LogP) is 4.65. The van der Waals surface area contributed by atoms with E-state index in [1.54, 1.807) is 32.5 Å². The molecule has 170 valence electrons. The van der Waals surface area contributed by atoms with Crippen molar-refractivity contribution in [2.24, 2.45) is 0 Å². The van der Waals surface area contributed by atoms with Crippen molar-refractivity contribution in [1.82, 2.24) is 14.9 Å². The van der Waals surface area contributed by atoms with Crippen LogP contribution in [0.25, 0.3) is 10.9 Å². The van der Waals surface area contributed by atoms with E-state index in [1.807, 2.05) is 36.5 Å². The Morgan fingerprint density at radius 3 is 2.55 bits per heavy atom. The van der Waals surface area contributed by atoms with Gasteiger partial charge in [0.15, 0.2) is 11.5 Å². The monoisotopic (exact) mass is 465 g/mol. The first-order valence-electron chi connectivity index (χ1n) is 10.4. The molecule has 0 unspecified atom stereocenters. The standard InChI is InChI=1S/C25H24FN3O3S/c1-31-22-8-5-18(13-23(22)32-2)14-28-24(30)16-33-25-20-10-12-29(21(20)9-11-27-25)15-17-3-6-19(26)7-4-17/h3-13H,14-16H2,1-2H3,(H,28,30). The number of aromatic nitrogens is 2. The number of thioether (sulfide) groups is 1. The molecule has 1 amide bonds. The third kappa shape index (κ3) is 5.46. The number of fused-ring (bicyclic) bond motifs is 1. The largest absolute Gasteiger partial charge is 0.493 e. The van der Waals surface area contributed by atoms with Gasteiger partial charge in [-0.3, -0.25) is 4.79 Å². The van der Waals surface area contributed by atoms with Crippen LogP contribution in [0, 0.1) is 5.82 Å². The molecule has 4 aromatic rings. The molecule has 6 nitrogen and oxygen atoms in total. The van der Waals surface area contributed by atoms with Crippen LogP contribution in [0.2, 0.25) is 0 Å². The molecule has 0 saturated carbocycles. The van der Waals surface area contributed by atoms with E-state index >= 15 is 0 Å². The SMILES string of the molecule is COc1ccc(CNC(=O)CSc2nccc3c2ccn3Cc2ccc(F)cc2)cc1OC. The van der Waals surface area contributed by atoms with Crippen LogP contribution < -0.4 is 14.8 Å². The summed E-state index contributed by atoms with van der Waals surface area (Å²) >= 11 is 1.40. The molecule has 8 heteroatoms. The molecule has 0 aliphatic rings. The summed E-state index contributed by atoms with van der Waals surface area (Å²) in [6, 6.07) is 16.0. The number of benzene rings is 2. The van der Waals surface area contributed by atoms with Gasteiger partial charge in [0.1, 0.15) is 10.8 Å². The number of halogens is 1. The van der Waals surface area contributed by atoms with Gasteiger partial charge in [0.2, 0.25) is 5.91 Å². The Kier molecular flexibility index (Phi) is 7.14. The second kappa shape index (κ2) is 10.4. The maximum absolute atomic E-state index is 13.2. The van der Waals surface area contributed by atoms with Crippen molar-refractivity contribution >= 4 is 28.6 Å².